The van der Waals surface area contributed by atoms with Gasteiger partial charge in [0.05, 0.1) is 6.10 Å². The lowest BCUT2D eigenvalue weighted by Gasteiger charge is -2.38. The normalized spacial score (nSPS) is 31.4. The molecule has 2 aliphatic rings. The van der Waals surface area contributed by atoms with Crippen molar-refractivity contribution >= 4 is 12.0 Å². The van der Waals surface area contributed by atoms with Gasteiger partial charge in [-0.3, -0.25) is 0 Å². The van der Waals surface area contributed by atoms with E-state index in [0.717, 1.165) is 25.9 Å². The molecule has 1 unspecified atom stereocenters. The number of β-amino-alcohol motifs (C(OH)–C–C–N with tert-alkyl or cyclic N) is 1. The number of carbonyl (C=O) groups is 2. The number of amides is 2. The number of aliphatic carboxylic acids is 1. The molecule has 0 bridgehead atoms. The van der Waals surface area contributed by atoms with Crippen LogP contribution in [0, 0.1) is 0 Å². The predicted octanol–water partition coefficient (Wildman–Crippen LogP) is -0.348. The van der Waals surface area contributed by atoms with Gasteiger partial charge in [-0.15, -0.1) is 0 Å². The Hall–Kier alpha value is -1.34. The van der Waals surface area contributed by atoms with Crippen molar-refractivity contribution in [2.24, 2.45) is 0 Å². The molecule has 0 aromatic rings. The minimum atomic E-state index is -1.05. The van der Waals surface area contributed by atoms with Crippen LogP contribution >= 0.6 is 0 Å². The molecule has 0 aromatic heterocycles. The van der Waals surface area contributed by atoms with Gasteiger partial charge in [0.1, 0.15) is 6.04 Å². The van der Waals surface area contributed by atoms with Crippen molar-refractivity contribution in [3.8, 4) is 0 Å². The van der Waals surface area contributed by atoms with Gasteiger partial charge in [0.2, 0.25) is 0 Å². The molecule has 2 amide bonds. The second-order valence-corrected chi connectivity index (χ2v) is 5.85. The Morgan fingerprint density at radius 3 is 2.60 bits per heavy atom. The van der Waals surface area contributed by atoms with E-state index in [2.05, 4.69) is 4.90 Å². The maximum atomic E-state index is 12.5. The zero-order chi connectivity index (χ0) is 14.9. The van der Waals surface area contributed by atoms with Crippen LogP contribution in [0.15, 0.2) is 0 Å². The summed E-state index contributed by atoms with van der Waals surface area (Å²) in [7, 11) is 3.74. The van der Waals surface area contributed by atoms with Crippen LogP contribution in [-0.2, 0) is 4.79 Å². The van der Waals surface area contributed by atoms with E-state index in [-0.39, 0.29) is 25.0 Å². The van der Waals surface area contributed by atoms with Crippen molar-refractivity contribution in [3.05, 3.63) is 0 Å². The number of carbonyl (C=O) groups excluding carboxylic acids is 1. The molecule has 114 valence electrons. The quantitative estimate of drug-likeness (QED) is 0.724. The van der Waals surface area contributed by atoms with E-state index in [1.807, 2.05) is 7.05 Å². The van der Waals surface area contributed by atoms with Crippen molar-refractivity contribution in [2.45, 2.75) is 37.5 Å². The van der Waals surface area contributed by atoms with Crippen LogP contribution in [0.1, 0.15) is 19.3 Å². The number of hydrogen-bond acceptors (Lipinski definition) is 4. The summed E-state index contributed by atoms with van der Waals surface area (Å²) in [6.45, 7) is 1.93. The van der Waals surface area contributed by atoms with E-state index in [9.17, 15) is 14.7 Å². The molecule has 2 rings (SSSR count). The molecular weight excluding hydrogens is 262 g/mol. The van der Waals surface area contributed by atoms with Gasteiger partial charge in [-0.1, -0.05) is 0 Å². The third-order valence-corrected chi connectivity index (χ3v) is 4.26. The molecule has 2 N–H and O–H groups in total. The zero-order valence-electron chi connectivity index (χ0n) is 12.0. The molecule has 2 saturated heterocycles. The average Bonchev–Trinajstić information content (AvgIpc) is 2.79. The molecule has 3 atom stereocenters. The summed E-state index contributed by atoms with van der Waals surface area (Å²) in [4.78, 5) is 28.7. The molecular formula is C13H23N3O4. The third kappa shape index (κ3) is 3.04. The number of carboxylic acids is 1. The van der Waals surface area contributed by atoms with E-state index in [1.165, 1.54) is 4.90 Å². The Kier molecular flexibility index (Phi) is 4.49. The van der Waals surface area contributed by atoms with Gasteiger partial charge in [-0.25, -0.2) is 9.59 Å². The summed E-state index contributed by atoms with van der Waals surface area (Å²) in [5, 5.41) is 18.8. The molecule has 2 fully saturated rings. The summed E-state index contributed by atoms with van der Waals surface area (Å²) < 4.78 is 0. The number of urea groups is 1. The van der Waals surface area contributed by atoms with E-state index in [4.69, 9.17) is 5.11 Å². The van der Waals surface area contributed by atoms with Gasteiger partial charge in [-0.2, -0.15) is 0 Å². The van der Waals surface area contributed by atoms with Crippen molar-refractivity contribution in [2.75, 3.05) is 33.7 Å². The smallest absolute Gasteiger partial charge is 0.326 e. The van der Waals surface area contributed by atoms with E-state index >= 15 is 0 Å². The molecule has 7 nitrogen and oxygen atoms in total. The van der Waals surface area contributed by atoms with Gasteiger partial charge in [0, 0.05) is 32.6 Å². The first-order valence-electron chi connectivity index (χ1n) is 7.03. The molecule has 0 spiro atoms. The Balaban J connectivity index is 2.03. The standard InChI is InChI=1S/C13H23N3O4/c1-14-5-3-4-9(7-14)15(2)13(20)16-8-10(17)6-11(16)12(18)19/h9-11,17H,3-8H2,1-2H3,(H,18,19)/t9?,10-,11+/m1/s1. The highest BCUT2D eigenvalue weighted by molar-refractivity contribution is 5.83. The summed E-state index contributed by atoms with van der Waals surface area (Å²) >= 11 is 0. The summed E-state index contributed by atoms with van der Waals surface area (Å²) in [5.41, 5.74) is 0. The van der Waals surface area contributed by atoms with Crippen molar-refractivity contribution < 1.29 is 19.8 Å². The van der Waals surface area contributed by atoms with Gasteiger partial charge >= 0.3 is 12.0 Å². The van der Waals surface area contributed by atoms with Crippen molar-refractivity contribution in [3.63, 3.8) is 0 Å². The van der Waals surface area contributed by atoms with E-state index in [1.54, 1.807) is 11.9 Å². The molecule has 0 aromatic carbocycles. The summed E-state index contributed by atoms with van der Waals surface area (Å²) in [6, 6.07) is -1.11. The number of aliphatic hydroxyl groups is 1. The van der Waals surface area contributed by atoms with Crippen LogP contribution in [-0.4, -0.2) is 88.8 Å². The molecule has 7 heteroatoms. The minimum Gasteiger partial charge on any atom is -0.480 e. The fraction of sp³-hybridized carbons (Fsp3) is 0.846. The second kappa shape index (κ2) is 5.97. The largest absolute Gasteiger partial charge is 0.480 e. The second-order valence-electron chi connectivity index (χ2n) is 5.85. The predicted molar refractivity (Wildman–Crippen MR) is 72.4 cm³/mol. The zero-order valence-corrected chi connectivity index (χ0v) is 12.0. The highest BCUT2D eigenvalue weighted by Crippen LogP contribution is 2.22. The van der Waals surface area contributed by atoms with Gasteiger partial charge < -0.3 is 24.9 Å². The highest BCUT2D eigenvalue weighted by Gasteiger charge is 2.41. The lowest BCUT2D eigenvalue weighted by atomic mass is 10.1. The Bertz CT molecular complexity index is 390. The SMILES string of the molecule is CN1CCCC(N(C)C(=O)N2C[C@H](O)C[C@H]2C(=O)O)C1. The lowest BCUT2D eigenvalue weighted by molar-refractivity contribution is -0.141. The van der Waals surface area contributed by atoms with Crippen LogP contribution < -0.4 is 0 Å². The number of piperidine rings is 1. The fourth-order valence-electron chi connectivity index (χ4n) is 3.07. The van der Waals surface area contributed by atoms with Crippen LogP contribution in [0.5, 0.6) is 0 Å². The summed E-state index contributed by atoms with van der Waals surface area (Å²) in [5.74, 6) is -1.05. The summed E-state index contributed by atoms with van der Waals surface area (Å²) in [6.07, 6.45) is 1.33. The number of hydrogen-bond donors (Lipinski definition) is 2. The van der Waals surface area contributed by atoms with Crippen LogP contribution in [0.4, 0.5) is 4.79 Å². The average molecular weight is 285 g/mol. The van der Waals surface area contributed by atoms with Crippen LogP contribution in [0.2, 0.25) is 0 Å². The Labute approximate surface area is 118 Å². The first-order valence-corrected chi connectivity index (χ1v) is 7.03. The monoisotopic (exact) mass is 285 g/mol. The highest BCUT2D eigenvalue weighted by atomic mass is 16.4. The maximum Gasteiger partial charge on any atom is 0.326 e. The number of likely N-dealkylation sites (N-methyl/N-ethyl adjacent to an activating group) is 2. The third-order valence-electron chi connectivity index (χ3n) is 4.26. The van der Waals surface area contributed by atoms with Gasteiger partial charge in [-0.05, 0) is 26.4 Å². The number of carboxylic acid groups (broad SMARTS) is 1. The van der Waals surface area contributed by atoms with Gasteiger partial charge in [0.15, 0.2) is 0 Å². The number of nitrogens with zero attached hydrogens (tertiary/aromatic N) is 3. The van der Waals surface area contributed by atoms with E-state index in [0.29, 0.717) is 0 Å². The number of likely N-dealkylation sites (tertiary alicyclic amines) is 2. The number of rotatable bonds is 2. The van der Waals surface area contributed by atoms with Gasteiger partial charge in [0.25, 0.3) is 0 Å². The van der Waals surface area contributed by atoms with E-state index < -0.39 is 18.1 Å². The van der Waals surface area contributed by atoms with Crippen LogP contribution in [0.3, 0.4) is 0 Å². The van der Waals surface area contributed by atoms with Crippen LogP contribution in [0.25, 0.3) is 0 Å². The minimum absolute atomic E-state index is 0.0999. The molecule has 0 aliphatic carbocycles. The molecule has 0 saturated carbocycles. The Morgan fingerprint density at radius 1 is 1.30 bits per heavy atom. The molecule has 2 heterocycles. The fourth-order valence-corrected chi connectivity index (χ4v) is 3.07. The Morgan fingerprint density at radius 2 is 2.00 bits per heavy atom. The maximum absolute atomic E-state index is 12.5. The molecule has 0 radical (unpaired) electrons. The number of aliphatic hydroxyl groups excluding tert-OH is 1. The molecule has 20 heavy (non-hydrogen) atoms. The first-order chi connectivity index (χ1) is 9.40. The first kappa shape index (κ1) is 15.1. The van der Waals surface area contributed by atoms with Crippen molar-refractivity contribution in [1.29, 1.82) is 0 Å². The topological polar surface area (TPSA) is 84.3 Å². The van der Waals surface area contributed by atoms with Crippen molar-refractivity contribution in [1.82, 2.24) is 14.7 Å². The molecule has 2 aliphatic heterocycles. The lowest BCUT2D eigenvalue weighted by Crippen LogP contribution is -2.53.